The summed E-state index contributed by atoms with van der Waals surface area (Å²) in [6, 6.07) is 14.4. The zero-order chi connectivity index (χ0) is 24.3. The Morgan fingerprint density at radius 1 is 1.09 bits per heavy atom. The summed E-state index contributed by atoms with van der Waals surface area (Å²) in [5.41, 5.74) is 9.11. The second-order valence-corrected chi connectivity index (χ2v) is 10.3. The Morgan fingerprint density at radius 2 is 1.70 bits per heavy atom. The number of nitrogens with one attached hydrogen (secondary N) is 1. The van der Waals surface area contributed by atoms with Gasteiger partial charge in [0, 0.05) is 22.0 Å². The average molecular weight is 487 g/mol. The van der Waals surface area contributed by atoms with E-state index in [1.165, 1.54) is 0 Å². The number of nitrogens with zero attached hydrogens (tertiary/aromatic N) is 3. The van der Waals surface area contributed by atoms with E-state index >= 15 is 0 Å². The zero-order valence-corrected chi connectivity index (χ0v) is 20.8. The molecule has 0 unspecified atom stereocenters. The van der Waals surface area contributed by atoms with Crippen molar-refractivity contribution in [2.24, 2.45) is 5.10 Å². The molecule has 0 atom stereocenters. The predicted octanol–water partition coefficient (Wildman–Crippen LogP) is 4.28. The Hall–Kier alpha value is -3.10. The number of para-hydroxylation sites is 1. The first kappa shape index (κ1) is 24.5. The fourth-order valence-corrected chi connectivity index (χ4v) is 4.75. The van der Waals surface area contributed by atoms with Crippen molar-refractivity contribution in [1.82, 2.24) is 9.99 Å². The van der Waals surface area contributed by atoms with Gasteiger partial charge >= 0.3 is 0 Å². The molecule has 0 aliphatic rings. The van der Waals surface area contributed by atoms with E-state index in [0.29, 0.717) is 10.7 Å². The van der Waals surface area contributed by atoms with Crippen LogP contribution in [0.4, 0.5) is 5.69 Å². The van der Waals surface area contributed by atoms with Crippen LogP contribution in [0.5, 0.6) is 0 Å². The van der Waals surface area contributed by atoms with Crippen LogP contribution in [-0.2, 0) is 14.8 Å². The van der Waals surface area contributed by atoms with Crippen molar-refractivity contribution in [2.75, 3.05) is 17.1 Å². The van der Waals surface area contributed by atoms with Crippen molar-refractivity contribution in [3.8, 4) is 5.69 Å². The molecule has 174 valence electrons. The molecular weight excluding hydrogens is 460 g/mol. The Balaban J connectivity index is 1.77. The van der Waals surface area contributed by atoms with Crippen LogP contribution in [0.2, 0.25) is 5.02 Å². The van der Waals surface area contributed by atoms with Gasteiger partial charge in [-0.2, -0.15) is 5.10 Å². The van der Waals surface area contributed by atoms with Gasteiger partial charge < -0.3 is 4.57 Å². The highest BCUT2D eigenvalue weighted by Crippen LogP contribution is 2.25. The molecule has 0 fully saturated rings. The maximum absolute atomic E-state index is 12.4. The highest BCUT2D eigenvalue weighted by atomic mass is 35.5. The molecule has 9 heteroatoms. The number of aryl methyl sites for hydroxylation is 3. The molecule has 0 radical (unpaired) electrons. The van der Waals surface area contributed by atoms with E-state index in [-0.39, 0.29) is 0 Å². The second kappa shape index (κ2) is 9.80. The van der Waals surface area contributed by atoms with Gasteiger partial charge in [0.05, 0.1) is 23.8 Å². The number of amides is 1. The van der Waals surface area contributed by atoms with E-state index < -0.39 is 22.5 Å². The van der Waals surface area contributed by atoms with Gasteiger partial charge in [0.1, 0.15) is 6.54 Å². The normalized spacial score (nSPS) is 11.7. The Morgan fingerprint density at radius 3 is 2.27 bits per heavy atom. The van der Waals surface area contributed by atoms with Crippen LogP contribution in [0.15, 0.2) is 53.6 Å². The Labute approximate surface area is 199 Å². The van der Waals surface area contributed by atoms with Gasteiger partial charge in [-0.1, -0.05) is 29.8 Å². The minimum atomic E-state index is -3.68. The largest absolute Gasteiger partial charge is 0.317 e. The lowest BCUT2D eigenvalue weighted by Gasteiger charge is -2.21. The minimum Gasteiger partial charge on any atom is -0.317 e. The summed E-state index contributed by atoms with van der Waals surface area (Å²) in [6.07, 6.45) is 2.61. The number of aromatic nitrogens is 1. The van der Waals surface area contributed by atoms with Gasteiger partial charge in [-0.25, -0.2) is 13.8 Å². The van der Waals surface area contributed by atoms with E-state index in [2.05, 4.69) is 41.1 Å². The lowest BCUT2D eigenvalue weighted by atomic mass is 10.1. The summed E-state index contributed by atoms with van der Waals surface area (Å²) in [7, 11) is -3.68. The number of carbonyl (C=O) groups is 1. The van der Waals surface area contributed by atoms with Crippen LogP contribution in [0.3, 0.4) is 0 Å². The van der Waals surface area contributed by atoms with Crippen molar-refractivity contribution >= 4 is 39.4 Å². The highest BCUT2D eigenvalue weighted by Gasteiger charge is 2.20. The molecule has 1 aromatic heterocycles. The highest BCUT2D eigenvalue weighted by molar-refractivity contribution is 7.92. The fraction of sp³-hybridized carbons (Fsp3) is 0.250. The van der Waals surface area contributed by atoms with Crippen molar-refractivity contribution < 1.29 is 13.2 Å². The smallest absolute Gasteiger partial charge is 0.260 e. The molecule has 0 aliphatic heterocycles. The lowest BCUT2D eigenvalue weighted by Crippen LogP contribution is -2.39. The van der Waals surface area contributed by atoms with Crippen molar-refractivity contribution in [1.29, 1.82) is 0 Å². The third-order valence-electron chi connectivity index (χ3n) is 5.33. The van der Waals surface area contributed by atoms with Gasteiger partial charge in [-0.15, -0.1) is 0 Å². The standard InChI is InChI=1S/C24H27ClN4O3S/c1-16-7-6-8-17(2)24(16)29-18(3)13-20(19(29)4)14-26-27-23(30)15-28(33(5,31)32)22-11-9-21(25)10-12-22/h6-14H,15H2,1-5H3,(H,27,30)/b26-14+. The molecule has 1 heterocycles. The molecule has 0 saturated carbocycles. The fourth-order valence-electron chi connectivity index (χ4n) is 3.77. The molecule has 0 bridgehead atoms. The van der Waals surface area contributed by atoms with Gasteiger partial charge in [-0.3, -0.25) is 9.10 Å². The van der Waals surface area contributed by atoms with E-state index in [9.17, 15) is 13.2 Å². The summed E-state index contributed by atoms with van der Waals surface area (Å²) in [6.45, 7) is 7.75. The average Bonchev–Trinajstić information content (AvgIpc) is 3.00. The zero-order valence-electron chi connectivity index (χ0n) is 19.3. The van der Waals surface area contributed by atoms with Gasteiger partial charge in [0.25, 0.3) is 5.91 Å². The molecule has 0 aliphatic carbocycles. The number of hydrazone groups is 1. The van der Waals surface area contributed by atoms with E-state index in [4.69, 9.17) is 11.6 Å². The molecule has 2 aromatic carbocycles. The van der Waals surface area contributed by atoms with Crippen molar-refractivity contribution in [3.63, 3.8) is 0 Å². The number of hydrogen-bond acceptors (Lipinski definition) is 4. The minimum absolute atomic E-state index is 0.346. The SMILES string of the molecule is Cc1cccc(C)c1-n1c(C)cc(/C=N/NC(=O)CN(c2ccc(Cl)cc2)S(C)(=O)=O)c1C. The maximum Gasteiger partial charge on any atom is 0.260 e. The molecular formula is C24H27ClN4O3S. The van der Waals surface area contributed by atoms with Crippen LogP contribution in [0, 0.1) is 27.7 Å². The molecule has 1 amide bonds. The molecule has 1 N–H and O–H groups in total. The van der Waals surface area contributed by atoms with Crippen LogP contribution in [0.1, 0.15) is 28.1 Å². The summed E-state index contributed by atoms with van der Waals surface area (Å²) in [4.78, 5) is 12.4. The first-order valence-corrected chi connectivity index (χ1v) is 12.5. The lowest BCUT2D eigenvalue weighted by molar-refractivity contribution is -0.119. The third-order valence-corrected chi connectivity index (χ3v) is 6.72. The van der Waals surface area contributed by atoms with Crippen LogP contribution in [0.25, 0.3) is 5.69 Å². The number of carbonyl (C=O) groups excluding carboxylic acids is 1. The Kier molecular flexibility index (Phi) is 7.29. The van der Waals surface area contributed by atoms with Gasteiger partial charge in [-0.05, 0) is 69.2 Å². The van der Waals surface area contributed by atoms with Crippen molar-refractivity contribution in [2.45, 2.75) is 27.7 Å². The molecule has 0 saturated heterocycles. The van der Waals surface area contributed by atoms with Crippen LogP contribution < -0.4 is 9.73 Å². The maximum atomic E-state index is 12.4. The van der Waals surface area contributed by atoms with E-state index in [0.717, 1.165) is 44.3 Å². The van der Waals surface area contributed by atoms with E-state index in [1.807, 2.05) is 26.0 Å². The van der Waals surface area contributed by atoms with E-state index in [1.54, 1.807) is 30.5 Å². The number of halogens is 1. The predicted molar refractivity (Wildman–Crippen MR) is 134 cm³/mol. The monoisotopic (exact) mass is 486 g/mol. The summed E-state index contributed by atoms with van der Waals surface area (Å²) in [5.74, 6) is -0.560. The summed E-state index contributed by atoms with van der Waals surface area (Å²) in [5, 5.41) is 4.53. The molecule has 3 aromatic rings. The number of anilines is 1. The third kappa shape index (κ3) is 5.64. The first-order chi connectivity index (χ1) is 15.5. The number of benzene rings is 2. The van der Waals surface area contributed by atoms with Crippen molar-refractivity contribution in [3.05, 3.63) is 81.6 Å². The van der Waals surface area contributed by atoms with Gasteiger partial charge in [0.15, 0.2) is 0 Å². The quantitative estimate of drug-likeness (QED) is 0.399. The van der Waals surface area contributed by atoms with Crippen LogP contribution >= 0.6 is 11.6 Å². The molecule has 0 spiro atoms. The number of rotatable bonds is 7. The van der Waals surface area contributed by atoms with Gasteiger partial charge in [0.2, 0.25) is 10.0 Å². The first-order valence-electron chi connectivity index (χ1n) is 10.3. The number of sulfonamides is 1. The summed E-state index contributed by atoms with van der Waals surface area (Å²) < 4.78 is 27.6. The molecule has 7 nitrogen and oxygen atoms in total. The van der Waals surface area contributed by atoms with Crippen LogP contribution in [-0.4, -0.2) is 37.9 Å². The summed E-state index contributed by atoms with van der Waals surface area (Å²) >= 11 is 5.88. The second-order valence-electron chi connectivity index (χ2n) is 7.94. The number of hydrogen-bond donors (Lipinski definition) is 1. The molecule has 3 rings (SSSR count). The molecule has 33 heavy (non-hydrogen) atoms. The Bertz CT molecular complexity index is 1290. The topological polar surface area (TPSA) is 83.8 Å².